The van der Waals surface area contributed by atoms with Gasteiger partial charge in [0, 0.05) is 5.56 Å². The number of carboxylic acid groups (broad SMARTS) is 1. The van der Waals surface area contributed by atoms with Crippen molar-refractivity contribution in [1.82, 2.24) is 10.5 Å². The topological polar surface area (TPSA) is 133 Å². The number of hydrogen-bond donors (Lipinski definition) is 2. The lowest BCUT2D eigenvalue weighted by Crippen LogP contribution is -2.79. The highest BCUT2D eigenvalue weighted by Crippen LogP contribution is 2.56. The Morgan fingerprint density at radius 2 is 1.97 bits per heavy atom. The number of aryl methyl sites for hydroxylation is 1. The Labute approximate surface area is 170 Å². The molecular weight excluding hydrogens is 398 g/mol. The van der Waals surface area contributed by atoms with Crippen molar-refractivity contribution in [3.05, 3.63) is 46.9 Å². The lowest BCUT2D eigenvalue weighted by Gasteiger charge is -2.54. The van der Waals surface area contributed by atoms with Crippen LogP contribution >= 0.6 is 11.8 Å². The molecule has 2 amide bonds. The van der Waals surface area contributed by atoms with Gasteiger partial charge >= 0.3 is 11.9 Å². The summed E-state index contributed by atoms with van der Waals surface area (Å²) in [6, 6.07) is 6.46. The van der Waals surface area contributed by atoms with E-state index >= 15 is 0 Å². The highest BCUT2D eigenvalue weighted by atomic mass is 32.2. The van der Waals surface area contributed by atoms with Gasteiger partial charge in [0.25, 0.3) is 5.91 Å². The molecule has 2 aliphatic rings. The average Bonchev–Trinajstić information content (AvgIpc) is 3.14. The molecule has 0 saturated carbocycles. The number of thioether (sulfide) groups is 1. The summed E-state index contributed by atoms with van der Waals surface area (Å²) in [6.07, 6.45) is 0. The molecule has 9 nitrogen and oxygen atoms in total. The molecule has 4 atom stereocenters. The maximum atomic E-state index is 13.1. The van der Waals surface area contributed by atoms with Gasteiger partial charge in [-0.15, -0.1) is 0 Å². The van der Waals surface area contributed by atoms with Crippen LogP contribution in [0.25, 0.3) is 11.3 Å². The first kappa shape index (κ1) is 19.6. The SMILES string of the molecule is Cc1onc(-c2ccccc2)c1C(=O)N[C@@H]1C(=O)[N+]2([O-])[C@@H]1SC(C)(C)[C@@H]2C(=O)O. The molecule has 2 aromatic rings. The molecule has 29 heavy (non-hydrogen) atoms. The fourth-order valence-corrected chi connectivity index (χ4v) is 5.81. The third-order valence-corrected chi connectivity index (χ3v) is 7.06. The van der Waals surface area contributed by atoms with Crippen molar-refractivity contribution in [3.8, 4) is 11.3 Å². The van der Waals surface area contributed by atoms with Crippen LogP contribution in [0.2, 0.25) is 0 Å². The molecule has 0 bridgehead atoms. The molecule has 2 aliphatic heterocycles. The average molecular weight is 417 g/mol. The molecule has 1 unspecified atom stereocenters. The number of benzene rings is 1. The number of nitrogens with one attached hydrogen (secondary N) is 1. The van der Waals surface area contributed by atoms with E-state index in [9.17, 15) is 24.7 Å². The van der Waals surface area contributed by atoms with Crippen LogP contribution in [0, 0.1) is 12.1 Å². The van der Waals surface area contributed by atoms with Crippen molar-refractivity contribution >= 4 is 29.5 Å². The summed E-state index contributed by atoms with van der Waals surface area (Å²) >= 11 is 1.11. The first-order chi connectivity index (χ1) is 13.6. The van der Waals surface area contributed by atoms with Gasteiger partial charge in [-0.2, -0.15) is 0 Å². The molecule has 2 N–H and O–H groups in total. The predicted molar refractivity (Wildman–Crippen MR) is 103 cm³/mol. The number of hydrogen-bond acceptors (Lipinski definition) is 7. The van der Waals surface area contributed by atoms with Crippen molar-refractivity contribution in [3.63, 3.8) is 0 Å². The molecule has 2 saturated heterocycles. The van der Waals surface area contributed by atoms with Gasteiger partial charge in [-0.3, -0.25) is 9.44 Å². The van der Waals surface area contributed by atoms with Crippen LogP contribution in [0.1, 0.15) is 30.0 Å². The van der Waals surface area contributed by atoms with E-state index < -0.39 is 44.6 Å². The number of quaternary nitrogens is 1. The van der Waals surface area contributed by atoms with Crippen molar-refractivity contribution in [2.45, 2.75) is 43.0 Å². The minimum atomic E-state index is -1.47. The summed E-state index contributed by atoms with van der Waals surface area (Å²) in [5.74, 6) is -2.49. The highest BCUT2D eigenvalue weighted by Gasteiger charge is 2.74. The smallest absolute Gasteiger partial charge is 0.364 e. The number of fused-ring (bicyclic) bond motifs is 1. The largest absolute Gasteiger partial charge is 0.624 e. The molecule has 0 radical (unpaired) electrons. The number of hydroxylamine groups is 3. The maximum absolute atomic E-state index is 13.1. The van der Waals surface area contributed by atoms with Gasteiger partial charge in [0.15, 0.2) is 5.37 Å². The Morgan fingerprint density at radius 1 is 1.31 bits per heavy atom. The molecule has 1 aromatic carbocycles. The second kappa shape index (κ2) is 6.41. The number of aliphatic carboxylic acids is 1. The number of rotatable bonds is 4. The molecule has 0 aliphatic carbocycles. The summed E-state index contributed by atoms with van der Waals surface area (Å²) in [4.78, 5) is 37.2. The van der Waals surface area contributed by atoms with Crippen LogP contribution < -0.4 is 5.32 Å². The lowest BCUT2D eigenvalue weighted by atomic mass is 9.94. The van der Waals surface area contributed by atoms with Crippen LogP contribution in [-0.2, 0) is 9.59 Å². The predicted octanol–water partition coefficient (Wildman–Crippen LogP) is 1.91. The standard InChI is InChI=1S/C19H19N3O6S/c1-9-11(12(21-28-9)10-7-5-4-6-8-10)15(23)20-13-16(24)22(27)14(18(25)26)19(2,3)29-17(13)22/h4-8,13-14,17H,1-3H3,(H,20,23)(H,25,26)/t13-,14+,17-,22?/m1/s1. The second-order valence-corrected chi connectivity index (χ2v) is 9.45. The third kappa shape index (κ3) is 2.70. The monoisotopic (exact) mass is 417 g/mol. The Hall–Kier alpha value is -2.69. The molecule has 3 heterocycles. The van der Waals surface area contributed by atoms with E-state index in [1.165, 1.54) is 0 Å². The zero-order valence-electron chi connectivity index (χ0n) is 15.9. The van der Waals surface area contributed by atoms with Crippen molar-refractivity contribution < 1.29 is 28.7 Å². The minimum Gasteiger partial charge on any atom is -0.624 e. The van der Waals surface area contributed by atoms with Gasteiger partial charge in [0.1, 0.15) is 17.0 Å². The zero-order valence-corrected chi connectivity index (χ0v) is 16.7. The van der Waals surface area contributed by atoms with E-state index in [0.29, 0.717) is 11.3 Å². The Balaban J connectivity index is 1.61. The van der Waals surface area contributed by atoms with Gasteiger partial charge in [-0.05, 0) is 20.8 Å². The number of β-lactam (4-membered cyclic amide) rings is 1. The van der Waals surface area contributed by atoms with E-state index in [1.54, 1.807) is 45.0 Å². The van der Waals surface area contributed by atoms with E-state index in [0.717, 1.165) is 11.8 Å². The number of carbonyl (C=O) groups is 3. The third-order valence-electron chi connectivity index (χ3n) is 5.40. The Bertz CT molecular complexity index is 1020. The molecule has 1 aromatic heterocycles. The minimum absolute atomic E-state index is 0.178. The summed E-state index contributed by atoms with van der Waals surface area (Å²) in [5.41, 5.74) is 1.18. The number of aromatic nitrogens is 1. The maximum Gasteiger partial charge on any atom is 0.364 e. The van der Waals surface area contributed by atoms with Crippen molar-refractivity contribution in [2.75, 3.05) is 0 Å². The second-order valence-electron chi connectivity index (χ2n) is 7.68. The van der Waals surface area contributed by atoms with Gasteiger partial charge in [0.05, 0.1) is 4.75 Å². The first-order valence-corrected chi connectivity index (χ1v) is 9.84. The Morgan fingerprint density at radius 3 is 2.59 bits per heavy atom. The van der Waals surface area contributed by atoms with Crippen LogP contribution in [0.3, 0.4) is 0 Å². The van der Waals surface area contributed by atoms with Gasteiger partial charge in [-0.1, -0.05) is 47.3 Å². The number of amides is 2. The normalized spacial score (nSPS) is 29.8. The fraction of sp³-hybridized carbons (Fsp3) is 0.368. The molecule has 10 heteroatoms. The Kier molecular flexibility index (Phi) is 4.34. The van der Waals surface area contributed by atoms with Crippen LogP contribution in [-0.4, -0.2) is 54.9 Å². The molecular formula is C19H19N3O6S. The van der Waals surface area contributed by atoms with Gasteiger partial charge in [0.2, 0.25) is 12.1 Å². The van der Waals surface area contributed by atoms with E-state index in [1.807, 2.05) is 6.07 Å². The number of carbonyl (C=O) groups excluding carboxylic acids is 2. The molecule has 0 spiro atoms. The van der Waals surface area contributed by atoms with Crippen LogP contribution in [0.15, 0.2) is 34.9 Å². The molecule has 2 fully saturated rings. The quantitative estimate of drug-likeness (QED) is 0.438. The number of nitrogens with zero attached hydrogens (tertiary/aromatic N) is 2. The fourth-order valence-electron chi connectivity index (χ4n) is 4.10. The summed E-state index contributed by atoms with van der Waals surface area (Å²) < 4.78 is 2.76. The zero-order chi connectivity index (χ0) is 21.1. The summed E-state index contributed by atoms with van der Waals surface area (Å²) in [6.45, 7) is 4.83. The van der Waals surface area contributed by atoms with Crippen molar-refractivity contribution in [2.24, 2.45) is 0 Å². The van der Waals surface area contributed by atoms with E-state index in [2.05, 4.69) is 10.5 Å². The van der Waals surface area contributed by atoms with Crippen LogP contribution in [0.4, 0.5) is 0 Å². The molecule has 4 rings (SSSR count). The van der Waals surface area contributed by atoms with Gasteiger partial charge < -0.3 is 20.2 Å². The summed E-state index contributed by atoms with van der Waals surface area (Å²) in [5, 5.41) is 28.2. The number of carboxylic acids is 1. The van der Waals surface area contributed by atoms with Crippen molar-refractivity contribution in [1.29, 1.82) is 0 Å². The summed E-state index contributed by atoms with van der Waals surface area (Å²) in [7, 11) is 0. The lowest BCUT2D eigenvalue weighted by molar-refractivity contribution is -0.857. The first-order valence-electron chi connectivity index (χ1n) is 8.96. The molecule has 152 valence electrons. The van der Waals surface area contributed by atoms with Gasteiger partial charge in [-0.25, -0.2) is 9.59 Å². The highest BCUT2D eigenvalue weighted by molar-refractivity contribution is 8.01. The van der Waals surface area contributed by atoms with E-state index in [4.69, 9.17) is 4.52 Å². The van der Waals surface area contributed by atoms with Crippen LogP contribution in [0.5, 0.6) is 0 Å². The van der Waals surface area contributed by atoms with E-state index in [-0.39, 0.29) is 11.3 Å².